The number of rotatable bonds is 6. The third kappa shape index (κ3) is 5.35. The van der Waals surface area contributed by atoms with Crippen molar-refractivity contribution < 1.29 is 14.7 Å². The number of carboxylic acids is 1. The SMILES string of the molecule is CCC[C@H](N)C(=O)Nc1cccc(/C=C/C(=O)O)c1. The Bertz CT molecular complexity index is 483. The van der Waals surface area contributed by atoms with Crippen molar-refractivity contribution in [3.8, 4) is 0 Å². The number of carboxylic acid groups (broad SMARTS) is 1. The average molecular weight is 262 g/mol. The molecule has 0 spiro atoms. The van der Waals surface area contributed by atoms with Crippen molar-refractivity contribution >= 4 is 23.6 Å². The number of amides is 1. The molecule has 0 saturated carbocycles. The zero-order chi connectivity index (χ0) is 14.3. The summed E-state index contributed by atoms with van der Waals surface area (Å²) < 4.78 is 0. The molecule has 0 aromatic heterocycles. The van der Waals surface area contributed by atoms with Crippen LogP contribution in [0.2, 0.25) is 0 Å². The van der Waals surface area contributed by atoms with Crippen LogP contribution in [0, 0.1) is 0 Å². The summed E-state index contributed by atoms with van der Waals surface area (Å²) in [4.78, 5) is 22.2. The third-order valence-electron chi connectivity index (χ3n) is 2.51. The van der Waals surface area contributed by atoms with Crippen molar-refractivity contribution in [2.24, 2.45) is 5.73 Å². The minimum absolute atomic E-state index is 0.235. The molecule has 0 heterocycles. The Morgan fingerprint density at radius 2 is 2.21 bits per heavy atom. The summed E-state index contributed by atoms with van der Waals surface area (Å²) in [5.41, 5.74) is 7.01. The topological polar surface area (TPSA) is 92.4 Å². The maximum absolute atomic E-state index is 11.7. The van der Waals surface area contributed by atoms with Gasteiger partial charge >= 0.3 is 5.97 Å². The van der Waals surface area contributed by atoms with Crippen LogP contribution >= 0.6 is 0 Å². The van der Waals surface area contributed by atoms with Crippen LogP contribution in [0.3, 0.4) is 0 Å². The Hall–Kier alpha value is -2.14. The van der Waals surface area contributed by atoms with Crippen LogP contribution < -0.4 is 11.1 Å². The fourth-order valence-electron chi connectivity index (χ4n) is 1.56. The number of nitrogens with two attached hydrogens (primary N) is 1. The molecule has 1 amide bonds. The van der Waals surface area contributed by atoms with E-state index in [1.54, 1.807) is 24.3 Å². The summed E-state index contributed by atoms with van der Waals surface area (Å²) >= 11 is 0. The van der Waals surface area contributed by atoms with Gasteiger partial charge in [-0.25, -0.2) is 4.79 Å². The quantitative estimate of drug-likeness (QED) is 0.682. The van der Waals surface area contributed by atoms with E-state index < -0.39 is 12.0 Å². The largest absolute Gasteiger partial charge is 0.478 e. The highest BCUT2D eigenvalue weighted by atomic mass is 16.4. The highest BCUT2D eigenvalue weighted by Gasteiger charge is 2.11. The molecule has 5 nitrogen and oxygen atoms in total. The van der Waals surface area contributed by atoms with Crippen molar-refractivity contribution in [1.29, 1.82) is 0 Å². The van der Waals surface area contributed by atoms with E-state index in [-0.39, 0.29) is 5.91 Å². The molecule has 1 atom stereocenters. The van der Waals surface area contributed by atoms with Crippen LogP contribution in [0.1, 0.15) is 25.3 Å². The van der Waals surface area contributed by atoms with Crippen LogP contribution in [0.4, 0.5) is 5.69 Å². The van der Waals surface area contributed by atoms with Gasteiger partial charge in [0.25, 0.3) is 0 Å². The number of anilines is 1. The molecule has 1 aromatic carbocycles. The van der Waals surface area contributed by atoms with Crippen molar-refractivity contribution in [3.63, 3.8) is 0 Å². The van der Waals surface area contributed by atoms with E-state index in [1.165, 1.54) is 6.08 Å². The molecule has 1 rings (SSSR count). The summed E-state index contributed by atoms with van der Waals surface area (Å²) in [6.07, 6.45) is 3.98. The van der Waals surface area contributed by atoms with Gasteiger partial charge < -0.3 is 16.2 Å². The van der Waals surface area contributed by atoms with Crippen LogP contribution in [0.15, 0.2) is 30.3 Å². The average Bonchev–Trinajstić information content (AvgIpc) is 2.37. The number of carbonyl (C=O) groups is 2. The van der Waals surface area contributed by atoms with Crippen LogP contribution in [0.5, 0.6) is 0 Å². The molecule has 0 bridgehead atoms. The molecule has 0 aliphatic heterocycles. The second kappa shape index (κ2) is 7.33. The van der Waals surface area contributed by atoms with Crippen molar-refractivity contribution in [1.82, 2.24) is 0 Å². The first-order valence-corrected chi connectivity index (χ1v) is 6.10. The van der Waals surface area contributed by atoms with E-state index in [0.717, 1.165) is 12.5 Å². The molecule has 0 radical (unpaired) electrons. The molecule has 0 unspecified atom stereocenters. The molecule has 4 N–H and O–H groups in total. The van der Waals surface area contributed by atoms with E-state index >= 15 is 0 Å². The minimum atomic E-state index is -1.01. The Labute approximate surface area is 112 Å². The predicted octanol–water partition coefficient (Wildman–Crippen LogP) is 1.85. The monoisotopic (exact) mass is 262 g/mol. The molecule has 19 heavy (non-hydrogen) atoms. The number of carbonyl (C=O) groups excluding carboxylic acids is 1. The van der Waals surface area contributed by atoms with E-state index in [4.69, 9.17) is 10.8 Å². The Balaban J connectivity index is 2.72. The van der Waals surface area contributed by atoms with Crippen LogP contribution in [-0.2, 0) is 9.59 Å². The van der Waals surface area contributed by atoms with E-state index in [1.807, 2.05) is 6.92 Å². The lowest BCUT2D eigenvalue weighted by molar-refractivity contribution is -0.131. The van der Waals surface area contributed by atoms with Gasteiger partial charge in [-0.15, -0.1) is 0 Å². The third-order valence-corrected chi connectivity index (χ3v) is 2.51. The Morgan fingerprint density at radius 3 is 2.84 bits per heavy atom. The van der Waals surface area contributed by atoms with Gasteiger partial charge in [0.2, 0.25) is 5.91 Å². The molecule has 0 aliphatic carbocycles. The molecule has 5 heteroatoms. The van der Waals surface area contributed by atoms with Crippen LogP contribution in [0.25, 0.3) is 6.08 Å². The Kier molecular flexibility index (Phi) is 5.75. The van der Waals surface area contributed by atoms with Gasteiger partial charge in [0.15, 0.2) is 0 Å². The maximum Gasteiger partial charge on any atom is 0.328 e. The first-order valence-electron chi connectivity index (χ1n) is 6.10. The van der Waals surface area contributed by atoms with Gasteiger partial charge in [-0.1, -0.05) is 25.5 Å². The number of hydrogen-bond acceptors (Lipinski definition) is 3. The zero-order valence-electron chi connectivity index (χ0n) is 10.8. The summed E-state index contributed by atoms with van der Waals surface area (Å²) in [6, 6.07) is 6.39. The van der Waals surface area contributed by atoms with Gasteiger partial charge in [-0.05, 0) is 30.2 Å². The van der Waals surface area contributed by atoms with Crippen molar-refractivity contribution in [2.75, 3.05) is 5.32 Å². The van der Waals surface area contributed by atoms with Gasteiger partial charge in [-0.2, -0.15) is 0 Å². The lowest BCUT2D eigenvalue weighted by Gasteiger charge is -2.11. The van der Waals surface area contributed by atoms with Crippen molar-refractivity contribution in [3.05, 3.63) is 35.9 Å². The smallest absolute Gasteiger partial charge is 0.328 e. The summed E-state index contributed by atoms with van der Waals surface area (Å²) in [5.74, 6) is -1.25. The molecule has 1 aromatic rings. The second-order valence-electron chi connectivity index (χ2n) is 4.18. The highest BCUT2D eigenvalue weighted by molar-refractivity contribution is 5.95. The molecule has 0 saturated heterocycles. The fourth-order valence-corrected chi connectivity index (χ4v) is 1.56. The summed E-state index contributed by atoms with van der Waals surface area (Å²) in [7, 11) is 0. The molecular weight excluding hydrogens is 244 g/mol. The molecule has 0 aliphatic rings. The van der Waals surface area contributed by atoms with Gasteiger partial charge in [0.1, 0.15) is 0 Å². The van der Waals surface area contributed by atoms with E-state index in [9.17, 15) is 9.59 Å². The van der Waals surface area contributed by atoms with E-state index in [2.05, 4.69) is 5.32 Å². The van der Waals surface area contributed by atoms with Gasteiger partial charge in [0, 0.05) is 11.8 Å². The summed E-state index contributed by atoms with van der Waals surface area (Å²) in [5, 5.41) is 11.3. The minimum Gasteiger partial charge on any atom is -0.478 e. The molecule has 102 valence electrons. The number of nitrogens with one attached hydrogen (secondary N) is 1. The molecular formula is C14H18N2O3. The van der Waals surface area contributed by atoms with Crippen molar-refractivity contribution in [2.45, 2.75) is 25.8 Å². The summed E-state index contributed by atoms with van der Waals surface area (Å²) in [6.45, 7) is 1.96. The first kappa shape index (κ1) is 14.9. The van der Waals surface area contributed by atoms with Gasteiger partial charge in [-0.3, -0.25) is 4.79 Å². The first-order chi connectivity index (χ1) is 9.02. The maximum atomic E-state index is 11.7. The van der Waals surface area contributed by atoms with Crippen LogP contribution in [-0.4, -0.2) is 23.0 Å². The fraction of sp³-hybridized carbons (Fsp3) is 0.286. The lowest BCUT2D eigenvalue weighted by Crippen LogP contribution is -2.35. The predicted molar refractivity (Wildman–Crippen MR) is 74.6 cm³/mol. The zero-order valence-corrected chi connectivity index (χ0v) is 10.8. The number of aliphatic carboxylic acids is 1. The normalized spacial score (nSPS) is 12.3. The van der Waals surface area contributed by atoms with Gasteiger partial charge in [0.05, 0.1) is 6.04 Å². The standard InChI is InChI=1S/C14H18N2O3/c1-2-4-12(15)14(19)16-11-6-3-5-10(9-11)7-8-13(17)18/h3,5-9,12H,2,4,15H2,1H3,(H,16,19)(H,17,18)/b8-7+/t12-/m0/s1. The van der Waals surface area contributed by atoms with E-state index in [0.29, 0.717) is 17.7 Å². The number of benzene rings is 1. The second-order valence-corrected chi connectivity index (χ2v) is 4.18. The lowest BCUT2D eigenvalue weighted by atomic mass is 10.1. The Morgan fingerprint density at radius 1 is 1.47 bits per heavy atom. The molecule has 0 fully saturated rings. The highest BCUT2D eigenvalue weighted by Crippen LogP contribution is 2.12. The number of hydrogen-bond donors (Lipinski definition) is 3.